The molecule has 0 aromatic heterocycles. The topological polar surface area (TPSA) is 108 Å². The Balaban J connectivity index is 1.02. The van der Waals surface area contributed by atoms with E-state index in [1.807, 2.05) is 84.9 Å². The number of nitrogens with one attached hydrogen (secondary N) is 1. The minimum atomic E-state index is -1.19. The van der Waals surface area contributed by atoms with Crippen molar-refractivity contribution in [1.82, 2.24) is 10.2 Å². The first-order valence-corrected chi connectivity index (χ1v) is 21.2. The van der Waals surface area contributed by atoms with E-state index >= 15 is 0 Å². The molecular formula is C50H44Cl2FN3O6. The second kappa shape index (κ2) is 18.4. The zero-order valence-electron chi connectivity index (χ0n) is 34.1. The van der Waals surface area contributed by atoms with E-state index in [9.17, 15) is 23.9 Å². The van der Waals surface area contributed by atoms with Gasteiger partial charge in [0.2, 0.25) is 12.0 Å². The van der Waals surface area contributed by atoms with Crippen LogP contribution in [0.3, 0.4) is 0 Å². The number of carbonyl (C=O) groups excluding carboxylic acids is 2. The summed E-state index contributed by atoms with van der Waals surface area (Å²) in [6.07, 6.45) is 0.149. The second-order valence-electron chi connectivity index (χ2n) is 15.6. The molecule has 0 saturated heterocycles. The molecule has 8 rings (SSSR count). The first-order valence-electron chi connectivity index (χ1n) is 20.4. The number of carboxylic acid groups (broad SMARTS) is 1. The van der Waals surface area contributed by atoms with Crippen LogP contribution in [0.4, 0.5) is 10.1 Å². The Morgan fingerprint density at radius 2 is 1.53 bits per heavy atom. The number of carboxylic acids is 1. The van der Waals surface area contributed by atoms with E-state index in [2.05, 4.69) is 17.1 Å². The van der Waals surface area contributed by atoms with E-state index in [1.165, 1.54) is 12.1 Å². The van der Waals surface area contributed by atoms with Gasteiger partial charge in [0.15, 0.2) is 0 Å². The summed E-state index contributed by atoms with van der Waals surface area (Å²) in [4.78, 5) is 44.7. The van der Waals surface area contributed by atoms with Gasteiger partial charge >= 0.3 is 5.97 Å². The Morgan fingerprint density at radius 1 is 0.855 bits per heavy atom. The van der Waals surface area contributed by atoms with Gasteiger partial charge < -0.3 is 24.8 Å². The number of hydrogen-bond donors (Lipinski definition) is 2. The van der Waals surface area contributed by atoms with E-state index in [0.29, 0.717) is 45.8 Å². The fraction of sp³-hybridized carbons (Fsp3) is 0.220. The van der Waals surface area contributed by atoms with Gasteiger partial charge in [-0.25, -0.2) is 9.18 Å². The fourth-order valence-corrected chi connectivity index (χ4v) is 8.61. The third-order valence-electron chi connectivity index (χ3n) is 11.6. The minimum Gasteiger partial charge on any atom is -0.489 e. The lowest BCUT2D eigenvalue weighted by atomic mass is 9.88. The number of fused-ring (bicyclic) bond motifs is 2. The fourth-order valence-electron chi connectivity index (χ4n) is 8.28. The van der Waals surface area contributed by atoms with Crippen LogP contribution >= 0.6 is 23.2 Å². The summed E-state index contributed by atoms with van der Waals surface area (Å²) in [5, 5.41) is 14.1. The van der Waals surface area contributed by atoms with Crippen molar-refractivity contribution in [3.63, 3.8) is 0 Å². The number of amides is 2. The monoisotopic (exact) mass is 871 g/mol. The van der Waals surface area contributed by atoms with Crippen molar-refractivity contribution in [2.24, 2.45) is 0 Å². The molecule has 316 valence electrons. The Morgan fingerprint density at radius 3 is 2.19 bits per heavy atom. The van der Waals surface area contributed by atoms with Crippen molar-refractivity contribution in [1.29, 1.82) is 0 Å². The van der Waals surface area contributed by atoms with Gasteiger partial charge in [0.1, 0.15) is 30.0 Å². The van der Waals surface area contributed by atoms with E-state index < -0.39 is 30.1 Å². The zero-order chi connectivity index (χ0) is 43.5. The number of benzene rings is 6. The molecule has 62 heavy (non-hydrogen) atoms. The molecule has 0 aliphatic carbocycles. The maximum atomic E-state index is 14.5. The molecule has 0 saturated carbocycles. The lowest BCUT2D eigenvalue weighted by molar-refractivity contribution is -0.143. The van der Waals surface area contributed by atoms with Crippen LogP contribution in [0.15, 0.2) is 133 Å². The number of hydrogen-bond acceptors (Lipinski definition) is 6. The van der Waals surface area contributed by atoms with Gasteiger partial charge in [-0.3, -0.25) is 14.5 Å². The molecule has 6 aromatic carbocycles. The summed E-state index contributed by atoms with van der Waals surface area (Å²) < 4.78 is 25.9. The summed E-state index contributed by atoms with van der Waals surface area (Å²) in [6.45, 7) is 2.74. The summed E-state index contributed by atoms with van der Waals surface area (Å²) >= 11 is 12.2. The Kier molecular flexibility index (Phi) is 12.6. The molecule has 12 heteroatoms. The van der Waals surface area contributed by atoms with Gasteiger partial charge in [0, 0.05) is 31.6 Å². The Labute approximate surface area is 369 Å². The minimum absolute atomic E-state index is 0.0668. The van der Waals surface area contributed by atoms with Gasteiger partial charge in [-0.1, -0.05) is 115 Å². The van der Waals surface area contributed by atoms with E-state index in [0.717, 1.165) is 38.9 Å². The number of likely N-dealkylation sites (N-methyl/N-ethyl adjacent to an activating group) is 1. The number of rotatable bonds is 13. The van der Waals surface area contributed by atoms with Crippen LogP contribution in [0.2, 0.25) is 10.0 Å². The molecule has 6 aromatic rings. The molecule has 2 aliphatic rings. The Hall–Kier alpha value is -6.20. The average molecular weight is 873 g/mol. The van der Waals surface area contributed by atoms with Crippen LogP contribution in [0.25, 0.3) is 11.1 Å². The highest BCUT2D eigenvalue weighted by Gasteiger charge is 2.40. The first kappa shape index (κ1) is 42.5. The maximum absolute atomic E-state index is 14.5. The van der Waals surface area contributed by atoms with Crippen LogP contribution in [-0.2, 0) is 40.4 Å². The van der Waals surface area contributed by atoms with Crippen LogP contribution in [0.5, 0.6) is 11.5 Å². The van der Waals surface area contributed by atoms with Gasteiger partial charge in [0.05, 0.1) is 21.8 Å². The van der Waals surface area contributed by atoms with Crippen molar-refractivity contribution in [3.05, 3.63) is 183 Å². The molecule has 0 fully saturated rings. The quantitative estimate of drug-likeness (QED) is 0.119. The van der Waals surface area contributed by atoms with Crippen LogP contribution in [-0.4, -0.2) is 46.9 Å². The lowest BCUT2D eigenvalue weighted by Gasteiger charge is -2.42. The standard InChI is InChI=1S/C50H44Cl2FN3O6/c1-3-43(34-7-5-4-6-8-34)56-28-37-27-46-44(55(2)49(58)47(62-46)35-16-20-39(21-17-35)61-29-31-11-22-40(51)41(52)23-31)25-36(37)26-45(56)48(57)54-42(50(59)60)24-30-9-12-32(13-10-30)33-14-18-38(53)19-15-33/h4-23,25,27,42-43,45,47H,3,24,26,28-29H2,1-2H3,(H,54,57)(H,59,60)/t42-,43-,45-,47+/m0/s1. The zero-order valence-corrected chi connectivity index (χ0v) is 35.6. The number of carbonyl (C=O) groups is 3. The highest BCUT2D eigenvalue weighted by atomic mass is 35.5. The summed E-state index contributed by atoms with van der Waals surface area (Å²) in [5.41, 5.74) is 7.40. The molecule has 0 spiro atoms. The number of ether oxygens (including phenoxy) is 2. The second-order valence-corrected chi connectivity index (χ2v) is 16.4. The molecule has 2 N–H and O–H groups in total. The predicted octanol–water partition coefficient (Wildman–Crippen LogP) is 10.2. The number of aliphatic carboxylic acids is 1. The van der Waals surface area contributed by atoms with Gasteiger partial charge in [0.25, 0.3) is 5.91 Å². The molecular weight excluding hydrogens is 828 g/mol. The highest BCUT2D eigenvalue weighted by Crippen LogP contribution is 2.43. The van der Waals surface area contributed by atoms with Gasteiger partial charge in [-0.15, -0.1) is 0 Å². The molecule has 0 radical (unpaired) electrons. The van der Waals surface area contributed by atoms with Crippen molar-refractivity contribution in [3.8, 4) is 22.6 Å². The van der Waals surface area contributed by atoms with E-state index in [1.54, 1.807) is 48.3 Å². The van der Waals surface area contributed by atoms with Crippen LogP contribution in [0.1, 0.15) is 58.9 Å². The predicted molar refractivity (Wildman–Crippen MR) is 238 cm³/mol. The largest absolute Gasteiger partial charge is 0.489 e. The van der Waals surface area contributed by atoms with Gasteiger partial charge in [-0.2, -0.15) is 0 Å². The average Bonchev–Trinajstić information content (AvgIpc) is 3.28. The van der Waals surface area contributed by atoms with Crippen LogP contribution < -0.4 is 19.7 Å². The lowest BCUT2D eigenvalue weighted by Crippen LogP contribution is -2.55. The first-order chi connectivity index (χ1) is 29.9. The van der Waals surface area contributed by atoms with Crippen LogP contribution in [0, 0.1) is 5.82 Å². The number of nitrogens with zero attached hydrogens (tertiary/aromatic N) is 2. The SMILES string of the molecule is CC[C@@H](c1ccccc1)N1Cc2cc3c(cc2C[C@H]1C(=O)N[C@@H](Cc1ccc(-c2ccc(F)cc2)cc1)C(=O)O)N(C)C(=O)[C@@H](c1ccc(OCc2ccc(Cl)c(Cl)c2)cc1)O3. The molecule has 4 atom stereocenters. The molecule has 9 nitrogen and oxygen atoms in total. The third kappa shape index (κ3) is 9.18. The number of anilines is 1. The molecule has 2 aliphatic heterocycles. The normalized spacial score (nSPS) is 17.0. The molecule has 2 heterocycles. The summed E-state index contributed by atoms with van der Waals surface area (Å²) in [6, 6.07) is 37.8. The number of halogens is 3. The summed E-state index contributed by atoms with van der Waals surface area (Å²) in [5.74, 6) is -0.969. The molecule has 2 amide bonds. The smallest absolute Gasteiger partial charge is 0.326 e. The van der Waals surface area contributed by atoms with Crippen molar-refractivity contribution in [2.75, 3.05) is 11.9 Å². The van der Waals surface area contributed by atoms with Crippen molar-refractivity contribution in [2.45, 2.75) is 63.6 Å². The highest BCUT2D eigenvalue weighted by molar-refractivity contribution is 6.42. The molecule has 0 unspecified atom stereocenters. The van der Waals surface area contributed by atoms with Crippen molar-refractivity contribution < 1.29 is 33.4 Å². The third-order valence-corrected chi connectivity index (χ3v) is 12.4. The van der Waals surface area contributed by atoms with E-state index in [-0.39, 0.29) is 37.2 Å². The van der Waals surface area contributed by atoms with Gasteiger partial charge in [-0.05, 0) is 100 Å². The maximum Gasteiger partial charge on any atom is 0.326 e. The molecule has 0 bridgehead atoms. The summed E-state index contributed by atoms with van der Waals surface area (Å²) in [7, 11) is 1.71. The van der Waals surface area contributed by atoms with E-state index in [4.69, 9.17) is 32.7 Å². The Bertz CT molecular complexity index is 2590. The van der Waals surface area contributed by atoms with Crippen molar-refractivity contribution >= 4 is 46.7 Å².